The third-order valence-electron chi connectivity index (χ3n) is 14.7. The van der Waals surface area contributed by atoms with Crippen LogP contribution in [0.15, 0.2) is 121 Å². The molecule has 9 rings (SSSR count). The van der Waals surface area contributed by atoms with E-state index < -0.39 is 0 Å². The van der Waals surface area contributed by atoms with Gasteiger partial charge in [-0.1, -0.05) is 72.8 Å². The lowest BCUT2D eigenvalue weighted by Gasteiger charge is -2.21. The van der Waals surface area contributed by atoms with Crippen LogP contribution in [0.4, 0.5) is 0 Å². The van der Waals surface area contributed by atoms with Crippen LogP contribution in [0, 0.1) is 0 Å². The Morgan fingerprint density at radius 2 is 0.513 bits per heavy atom. The van der Waals surface area contributed by atoms with E-state index in [1.165, 1.54) is 0 Å². The normalized spacial score (nSPS) is 11.7. The average Bonchev–Trinajstić information content (AvgIpc) is 4.33. The lowest BCUT2D eigenvalue weighted by Crippen LogP contribution is -2.30. The Bertz CT molecular complexity index is 3140. The standard InChI is InChI=1S/C64H66N8O4/c1-9-69(10-2)61(73)45-29-21-17-25-41(45)57-49-33-35-51(65-49)58(42-26-18-22-30-46(42)62(74)70(11-3)12-4)53-37-39-55(67-53)60(44-28-20-24-32-48(44)64(76)72(15-7)16-8)56-40-38-54(68-56)59(52-36-34-50(57)66-52)43-27-19-23-31-47(43)63(75)71(13-5)14-6/h17-40,65,68H,9-16H2,1-8H3. The molecular weight excluding hydrogens is 945 g/mol. The zero-order valence-electron chi connectivity index (χ0n) is 44.8. The van der Waals surface area contributed by atoms with Crippen molar-refractivity contribution < 1.29 is 19.2 Å². The SMILES string of the molecule is CCN(CC)C(=O)c1ccccc1-c1c2nc(c(-c3ccccc3C(=O)N(CC)CC)c3ccc([nH]3)c(-c3ccccc3C(=O)N(CC)CC)c3nc(c(-c4ccccc4C(=O)N(CC)CC)c4ccc1[nH]4)C=C3)C=C2. The van der Waals surface area contributed by atoms with Crippen LogP contribution in [0.3, 0.4) is 0 Å². The van der Waals surface area contributed by atoms with E-state index in [0.29, 0.717) is 164 Å². The van der Waals surface area contributed by atoms with E-state index in [2.05, 4.69) is 9.97 Å². The third kappa shape index (κ3) is 9.67. The Kier molecular flexibility index (Phi) is 15.7. The summed E-state index contributed by atoms with van der Waals surface area (Å²) >= 11 is 0. The van der Waals surface area contributed by atoms with Gasteiger partial charge in [-0.15, -0.1) is 0 Å². The number of carbonyl (C=O) groups excluding carboxylic acids is 4. The highest BCUT2D eigenvalue weighted by atomic mass is 16.2. The van der Waals surface area contributed by atoms with Crippen LogP contribution in [0.5, 0.6) is 0 Å². The van der Waals surface area contributed by atoms with Gasteiger partial charge < -0.3 is 29.6 Å². The predicted molar refractivity (Wildman–Crippen MR) is 310 cm³/mol. The van der Waals surface area contributed by atoms with Gasteiger partial charge in [-0.25, -0.2) is 9.97 Å². The topological polar surface area (TPSA) is 139 Å². The molecule has 76 heavy (non-hydrogen) atoms. The molecule has 3 aromatic heterocycles. The van der Waals surface area contributed by atoms with Crippen LogP contribution in [0.25, 0.3) is 90.9 Å². The number of aromatic amines is 2. The minimum atomic E-state index is -0.106. The molecule has 0 unspecified atom stereocenters. The molecule has 5 heterocycles. The molecule has 7 aromatic rings. The second-order valence-corrected chi connectivity index (χ2v) is 18.6. The summed E-state index contributed by atoms with van der Waals surface area (Å²) in [4.78, 5) is 84.2. The van der Waals surface area contributed by atoms with Gasteiger partial charge in [-0.2, -0.15) is 0 Å². The van der Waals surface area contributed by atoms with Crippen molar-refractivity contribution in [3.8, 4) is 44.5 Å². The van der Waals surface area contributed by atoms with Gasteiger partial charge in [0.25, 0.3) is 23.6 Å². The fourth-order valence-electron chi connectivity index (χ4n) is 10.6. The minimum Gasteiger partial charge on any atom is -0.354 e. The number of hydrogen-bond donors (Lipinski definition) is 2. The van der Waals surface area contributed by atoms with Crippen molar-refractivity contribution in [3.05, 3.63) is 166 Å². The highest BCUT2D eigenvalue weighted by Gasteiger charge is 2.28. The zero-order chi connectivity index (χ0) is 53.6. The van der Waals surface area contributed by atoms with E-state index in [9.17, 15) is 19.2 Å². The number of nitrogens with zero attached hydrogens (tertiary/aromatic N) is 6. The zero-order valence-corrected chi connectivity index (χ0v) is 44.8. The molecule has 0 saturated heterocycles. The number of nitrogens with one attached hydrogen (secondary N) is 2. The molecule has 2 aliphatic rings. The molecule has 2 aliphatic heterocycles. The molecule has 0 fully saturated rings. The van der Waals surface area contributed by atoms with Crippen LogP contribution in [0.1, 0.15) is 120 Å². The number of benzene rings is 4. The lowest BCUT2D eigenvalue weighted by atomic mass is 9.97. The second-order valence-electron chi connectivity index (χ2n) is 18.6. The number of rotatable bonds is 16. The monoisotopic (exact) mass is 1010 g/mol. The van der Waals surface area contributed by atoms with Crippen LogP contribution < -0.4 is 0 Å². The van der Waals surface area contributed by atoms with E-state index in [-0.39, 0.29) is 23.6 Å². The molecule has 0 saturated carbocycles. The highest BCUT2D eigenvalue weighted by Crippen LogP contribution is 2.41. The van der Waals surface area contributed by atoms with E-state index in [1.807, 2.05) is 221 Å². The number of fused-ring (bicyclic) bond motifs is 8. The van der Waals surface area contributed by atoms with Gasteiger partial charge in [0.15, 0.2) is 0 Å². The van der Waals surface area contributed by atoms with Crippen molar-refractivity contribution in [1.82, 2.24) is 39.5 Å². The molecule has 0 radical (unpaired) electrons. The molecule has 0 aliphatic carbocycles. The van der Waals surface area contributed by atoms with Crippen molar-refractivity contribution in [1.29, 1.82) is 0 Å². The molecule has 0 spiro atoms. The van der Waals surface area contributed by atoms with E-state index >= 15 is 0 Å². The van der Waals surface area contributed by atoms with Crippen LogP contribution in [0.2, 0.25) is 0 Å². The van der Waals surface area contributed by atoms with Gasteiger partial charge in [-0.3, -0.25) is 19.2 Å². The van der Waals surface area contributed by atoms with Gasteiger partial charge in [0.2, 0.25) is 0 Å². The molecule has 4 aromatic carbocycles. The Balaban J connectivity index is 1.50. The molecule has 4 amide bonds. The van der Waals surface area contributed by atoms with Gasteiger partial charge in [0.1, 0.15) is 0 Å². The number of H-pyrrole nitrogens is 2. The van der Waals surface area contributed by atoms with E-state index in [1.54, 1.807) is 0 Å². The first-order valence-corrected chi connectivity index (χ1v) is 26.7. The Morgan fingerprint density at radius 1 is 0.316 bits per heavy atom. The van der Waals surface area contributed by atoms with Crippen LogP contribution >= 0.6 is 0 Å². The summed E-state index contributed by atoms with van der Waals surface area (Å²) in [6, 6.07) is 38.6. The maximum absolute atomic E-state index is 14.6. The third-order valence-corrected chi connectivity index (χ3v) is 14.7. The fraction of sp³-hybridized carbons (Fsp3) is 0.250. The Morgan fingerprint density at radius 3 is 0.711 bits per heavy atom. The van der Waals surface area contributed by atoms with Crippen molar-refractivity contribution in [2.24, 2.45) is 0 Å². The Hall–Kier alpha value is -8.64. The van der Waals surface area contributed by atoms with Crippen LogP contribution in [-0.2, 0) is 0 Å². The molecule has 12 nitrogen and oxygen atoms in total. The predicted octanol–water partition coefficient (Wildman–Crippen LogP) is 13.3. The molecule has 0 atom stereocenters. The Labute approximate surface area is 445 Å². The average molecular weight is 1010 g/mol. The molecule has 2 N–H and O–H groups in total. The van der Waals surface area contributed by atoms with Gasteiger partial charge in [0, 0.05) is 119 Å². The first-order chi connectivity index (χ1) is 37.0. The fourth-order valence-corrected chi connectivity index (χ4v) is 10.6. The summed E-state index contributed by atoms with van der Waals surface area (Å²) in [5.41, 5.74) is 12.7. The van der Waals surface area contributed by atoms with Crippen LogP contribution in [-0.4, -0.2) is 116 Å². The second kappa shape index (κ2) is 22.9. The van der Waals surface area contributed by atoms with Gasteiger partial charge in [0.05, 0.1) is 22.8 Å². The molecule has 12 heteroatoms. The number of aromatic nitrogens is 4. The van der Waals surface area contributed by atoms with E-state index in [0.717, 1.165) is 0 Å². The number of hydrogen-bond acceptors (Lipinski definition) is 6. The minimum absolute atomic E-state index is 0.106. The van der Waals surface area contributed by atoms with Gasteiger partial charge >= 0.3 is 0 Å². The van der Waals surface area contributed by atoms with Gasteiger partial charge in [-0.05, 0) is 150 Å². The van der Waals surface area contributed by atoms with Crippen molar-refractivity contribution in [3.63, 3.8) is 0 Å². The molecular formula is C64H66N8O4. The maximum atomic E-state index is 14.6. The summed E-state index contributed by atoms with van der Waals surface area (Å²) in [6.45, 7) is 20.1. The quantitative estimate of drug-likeness (QED) is 0.0988. The lowest BCUT2D eigenvalue weighted by molar-refractivity contribution is 0.0766. The summed E-state index contributed by atoms with van der Waals surface area (Å²) in [7, 11) is 0. The summed E-state index contributed by atoms with van der Waals surface area (Å²) in [5.74, 6) is -0.423. The number of carbonyl (C=O) groups is 4. The van der Waals surface area contributed by atoms with Crippen molar-refractivity contribution in [2.75, 3.05) is 52.4 Å². The summed E-state index contributed by atoms with van der Waals surface area (Å²) < 4.78 is 0. The largest absolute Gasteiger partial charge is 0.354 e. The number of amides is 4. The van der Waals surface area contributed by atoms with E-state index in [4.69, 9.17) is 9.97 Å². The van der Waals surface area contributed by atoms with Crippen molar-refractivity contribution >= 4 is 70.0 Å². The molecule has 386 valence electrons. The smallest absolute Gasteiger partial charge is 0.254 e. The summed E-state index contributed by atoms with van der Waals surface area (Å²) in [6.07, 6.45) is 7.89. The first kappa shape index (κ1) is 52.2. The maximum Gasteiger partial charge on any atom is 0.254 e. The first-order valence-electron chi connectivity index (χ1n) is 26.7. The summed E-state index contributed by atoms with van der Waals surface area (Å²) in [5, 5.41) is 0. The van der Waals surface area contributed by atoms with Crippen molar-refractivity contribution in [2.45, 2.75) is 55.4 Å². The molecule has 8 bridgehead atoms. The highest BCUT2D eigenvalue weighted by molar-refractivity contribution is 6.10.